The zero-order valence-corrected chi connectivity index (χ0v) is 9.53. The van der Waals surface area contributed by atoms with Crippen molar-refractivity contribution in [1.82, 2.24) is 0 Å². The Labute approximate surface area is 93.5 Å². The minimum Gasteiger partial charge on any atom is -0.390 e. The Bertz CT molecular complexity index is 418. The molecule has 0 aromatic carbocycles. The zero-order valence-electron chi connectivity index (χ0n) is 8.71. The van der Waals surface area contributed by atoms with Crippen LogP contribution in [0, 0.1) is 5.92 Å². The van der Waals surface area contributed by atoms with E-state index >= 15 is 0 Å². The van der Waals surface area contributed by atoms with Gasteiger partial charge < -0.3 is 5.73 Å². The van der Waals surface area contributed by atoms with Crippen molar-refractivity contribution >= 4 is 22.1 Å². The van der Waals surface area contributed by atoms with Gasteiger partial charge in [-0.1, -0.05) is 0 Å². The molecule has 3 heteroatoms. The molecule has 1 saturated carbocycles. The molecule has 0 bridgehead atoms. The van der Waals surface area contributed by atoms with Gasteiger partial charge in [0, 0.05) is 10.8 Å². The van der Waals surface area contributed by atoms with Gasteiger partial charge in [-0.2, -0.15) is 0 Å². The molecule has 1 heterocycles. The van der Waals surface area contributed by atoms with Crippen LogP contribution in [0.5, 0.6) is 0 Å². The molecule has 3 rings (SSSR count). The summed E-state index contributed by atoms with van der Waals surface area (Å²) in [7, 11) is 0. The highest BCUT2D eigenvalue weighted by atomic mass is 32.1. The van der Waals surface area contributed by atoms with Crippen LogP contribution in [0.4, 0.5) is 5.00 Å². The second-order valence-corrected chi connectivity index (χ2v) is 5.73. The first-order valence-electron chi connectivity index (χ1n) is 5.71. The number of anilines is 1. The van der Waals surface area contributed by atoms with E-state index in [0.29, 0.717) is 11.7 Å². The lowest BCUT2D eigenvalue weighted by Gasteiger charge is -2.11. The van der Waals surface area contributed by atoms with Gasteiger partial charge in [-0.15, -0.1) is 11.3 Å². The minimum atomic E-state index is 0.299. The largest absolute Gasteiger partial charge is 0.390 e. The van der Waals surface area contributed by atoms with Gasteiger partial charge in [-0.05, 0) is 44.1 Å². The fourth-order valence-corrected chi connectivity index (χ4v) is 3.57. The fraction of sp³-hybridized carbons (Fsp3) is 0.583. The lowest BCUT2D eigenvalue weighted by atomic mass is 9.93. The molecule has 0 saturated heterocycles. The summed E-state index contributed by atoms with van der Waals surface area (Å²) in [6, 6.07) is 0. The fourth-order valence-electron chi connectivity index (χ4n) is 2.41. The van der Waals surface area contributed by atoms with Gasteiger partial charge in [0.05, 0.1) is 10.6 Å². The first-order valence-corrected chi connectivity index (χ1v) is 6.53. The van der Waals surface area contributed by atoms with E-state index < -0.39 is 0 Å². The number of thiophene rings is 1. The Hall–Kier alpha value is -0.830. The first kappa shape index (κ1) is 9.40. The van der Waals surface area contributed by atoms with Crippen LogP contribution < -0.4 is 5.73 Å². The predicted molar refractivity (Wildman–Crippen MR) is 62.4 cm³/mol. The smallest absolute Gasteiger partial charge is 0.169 e. The van der Waals surface area contributed by atoms with Crippen molar-refractivity contribution < 1.29 is 4.79 Å². The van der Waals surface area contributed by atoms with Gasteiger partial charge in [-0.3, -0.25) is 4.79 Å². The van der Waals surface area contributed by atoms with Crippen molar-refractivity contribution in [2.75, 3.05) is 5.73 Å². The second-order valence-electron chi connectivity index (χ2n) is 4.59. The van der Waals surface area contributed by atoms with Crippen LogP contribution in [0.2, 0.25) is 0 Å². The van der Waals surface area contributed by atoms with Crippen LogP contribution in [-0.2, 0) is 12.8 Å². The molecule has 1 aromatic rings. The number of ketones is 1. The number of nitrogens with two attached hydrogens (primary N) is 1. The lowest BCUT2D eigenvalue weighted by Crippen LogP contribution is -2.09. The summed E-state index contributed by atoms with van der Waals surface area (Å²) in [5.74, 6) is 0.625. The summed E-state index contributed by atoms with van der Waals surface area (Å²) in [5, 5.41) is 0.777. The highest BCUT2D eigenvalue weighted by molar-refractivity contribution is 7.16. The van der Waals surface area contributed by atoms with Gasteiger partial charge >= 0.3 is 0 Å². The number of rotatable bonds is 2. The average Bonchev–Trinajstić information content (AvgIpc) is 3.00. The number of hydrogen-bond donors (Lipinski definition) is 1. The van der Waals surface area contributed by atoms with Crippen LogP contribution in [-0.4, -0.2) is 5.78 Å². The second kappa shape index (κ2) is 3.34. The summed E-state index contributed by atoms with van der Waals surface area (Å²) in [6.07, 6.45) is 6.81. The van der Waals surface area contributed by atoms with Crippen molar-refractivity contribution in [2.24, 2.45) is 5.92 Å². The third kappa shape index (κ3) is 1.49. The molecule has 0 radical (unpaired) electrons. The molecule has 2 nitrogen and oxygen atoms in total. The van der Waals surface area contributed by atoms with E-state index in [2.05, 4.69) is 0 Å². The lowest BCUT2D eigenvalue weighted by molar-refractivity contribution is 0.0968. The maximum atomic E-state index is 12.1. The summed E-state index contributed by atoms with van der Waals surface area (Å²) >= 11 is 1.65. The number of carbonyl (C=O) groups is 1. The standard InChI is InChI=1S/C12H15NOS/c13-12-10(11(14)7-5-6-7)8-3-1-2-4-9(8)15-12/h7H,1-6,13H2. The molecule has 2 N–H and O–H groups in total. The normalized spacial score (nSPS) is 20.0. The minimum absolute atomic E-state index is 0.299. The molecular weight excluding hydrogens is 206 g/mol. The van der Waals surface area contributed by atoms with Gasteiger partial charge in [0.2, 0.25) is 0 Å². The van der Waals surface area contributed by atoms with E-state index in [-0.39, 0.29) is 0 Å². The molecule has 2 aliphatic rings. The van der Waals surface area contributed by atoms with Crippen LogP contribution in [0.1, 0.15) is 46.5 Å². The van der Waals surface area contributed by atoms with Gasteiger partial charge in [0.1, 0.15) is 0 Å². The Morgan fingerprint density at radius 3 is 2.73 bits per heavy atom. The molecule has 0 spiro atoms. The van der Waals surface area contributed by atoms with E-state index in [1.807, 2.05) is 0 Å². The van der Waals surface area contributed by atoms with Crippen LogP contribution in [0.3, 0.4) is 0 Å². The Kier molecular flexibility index (Phi) is 2.09. The Morgan fingerprint density at radius 1 is 1.27 bits per heavy atom. The predicted octanol–water partition coefficient (Wildman–Crippen LogP) is 2.80. The molecule has 2 aliphatic carbocycles. The summed E-state index contributed by atoms with van der Waals surface area (Å²) in [6.45, 7) is 0. The maximum Gasteiger partial charge on any atom is 0.169 e. The highest BCUT2D eigenvalue weighted by Gasteiger charge is 2.34. The maximum absolute atomic E-state index is 12.1. The molecule has 1 fully saturated rings. The Balaban J connectivity index is 2.04. The van der Waals surface area contributed by atoms with E-state index in [1.165, 1.54) is 23.3 Å². The summed E-state index contributed by atoms with van der Waals surface area (Å²) < 4.78 is 0. The monoisotopic (exact) mass is 221 g/mol. The van der Waals surface area contributed by atoms with Crippen LogP contribution in [0.25, 0.3) is 0 Å². The van der Waals surface area contributed by atoms with Gasteiger partial charge in [-0.25, -0.2) is 0 Å². The van der Waals surface area contributed by atoms with Crippen molar-refractivity contribution in [3.63, 3.8) is 0 Å². The third-order valence-electron chi connectivity index (χ3n) is 3.39. The molecule has 1 aromatic heterocycles. The number of hydrogen-bond acceptors (Lipinski definition) is 3. The van der Waals surface area contributed by atoms with E-state index in [9.17, 15) is 4.79 Å². The van der Waals surface area contributed by atoms with Crippen molar-refractivity contribution in [3.05, 3.63) is 16.0 Å². The van der Waals surface area contributed by atoms with E-state index in [0.717, 1.165) is 36.2 Å². The Morgan fingerprint density at radius 2 is 2.00 bits per heavy atom. The molecule has 80 valence electrons. The molecular formula is C12H15NOS. The van der Waals surface area contributed by atoms with Crippen LogP contribution in [0.15, 0.2) is 0 Å². The van der Waals surface area contributed by atoms with Gasteiger partial charge in [0.25, 0.3) is 0 Å². The molecule has 0 amide bonds. The highest BCUT2D eigenvalue weighted by Crippen LogP contribution is 2.41. The van der Waals surface area contributed by atoms with E-state index in [1.54, 1.807) is 11.3 Å². The van der Waals surface area contributed by atoms with Gasteiger partial charge in [0.15, 0.2) is 5.78 Å². The first-order chi connectivity index (χ1) is 7.27. The number of nitrogen functional groups attached to an aromatic ring is 1. The van der Waals surface area contributed by atoms with Crippen LogP contribution >= 0.6 is 11.3 Å². The topological polar surface area (TPSA) is 43.1 Å². The molecule has 0 aliphatic heterocycles. The average molecular weight is 221 g/mol. The third-order valence-corrected chi connectivity index (χ3v) is 4.51. The number of fused-ring (bicyclic) bond motifs is 1. The van der Waals surface area contributed by atoms with Crippen molar-refractivity contribution in [2.45, 2.75) is 38.5 Å². The van der Waals surface area contributed by atoms with Crippen molar-refractivity contribution in [1.29, 1.82) is 0 Å². The number of aryl methyl sites for hydroxylation is 1. The number of Topliss-reactive ketones (excluding diaryl/α,β-unsaturated/α-hetero) is 1. The number of carbonyl (C=O) groups excluding carboxylic acids is 1. The molecule has 15 heavy (non-hydrogen) atoms. The van der Waals surface area contributed by atoms with Crippen molar-refractivity contribution in [3.8, 4) is 0 Å². The summed E-state index contributed by atoms with van der Waals surface area (Å²) in [4.78, 5) is 13.5. The zero-order chi connectivity index (χ0) is 10.4. The summed E-state index contributed by atoms with van der Waals surface area (Å²) in [5.41, 5.74) is 8.18. The SMILES string of the molecule is Nc1sc2c(c1C(=O)C1CC1)CCCC2. The molecule has 0 atom stereocenters. The quantitative estimate of drug-likeness (QED) is 0.780. The molecule has 0 unspecified atom stereocenters. The van der Waals surface area contributed by atoms with E-state index in [4.69, 9.17) is 5.73 Å².